The molecule has 1 aromatic heterocycles. The summed E-state index contributed by atoms with van der Waals surface area (Å²) in [6, 6.07) is 23.7. The van der Waals surface area contributed by atoms with Crippen LogP contribution in [0.4, 0.5) is 0 Å². The van der Waals surface area contributed by atoms with Gasteiger partial charge in [0.15, 0.2) is 5.69 Å². The fourth-order valence-electron chi connectivity index (χ4n) is 2.88. The van der Waals surface area contributed by atoms with E-state index in [-0.39, 0.29) is 11.9 Å². The van der Waals surface area contributed by atoms with E-state index in [9.17, 15) is 4.79 Å². The van der Waals surface area contributed by atoms with E-state index in [2.05, 4.69) is 39.8 Å². The highest BCUT2D eigenvalue weighted by Crippen LogP contribution is 2.20. The summed E-state index contributed by atoms with van der Waals surface area (Å²) in [7, 11) is 0. The lowest BCUT2D eigenvalue weighted by Gasteiger charge is -2.14. The van der Waals surface area contributed by atoms with Crippen LogP contribution in [0.5, 0.6) is 0 Å². The number of hydrogen-bond donors (Lipinski definition) is 1. The van der Waals surface area contributed by atoms with Crippen molar-refractivity contribution in [2.75, 3.05) is 0 Å². The molecule has 0 fully saturated rings. The van der Waals surface area contributed by atoms with Gasteiger partial charge >= 0.3 is 0 Å². The Morgan fingerprint density at radius 2 is 1.69 bits per heavy atom. The summed E-state index contributed by atoms with van der Waals surface area (Å²) in [6.45, 7) is 1.96. The number of carbonyl (C=O) groups excluding carboxylic acids is 1. The van der Waals surface area contributed by atoms with Crippen LogP contribution < -0.4 is 5.32 Å². The molecule has 1 amide bonds. The molecular formula is C21H18N4O. The molecule has 1 atom stereocenters. The molecule has 3 aromatic carbocycles. The fourth-order valence-corrected chi connectivity index (χ4v) is 2.88. The lowest BCUT2D eigenvalue weighted by molar-refractivity contribution is 0.0934. The van der Waals surface area contributed by atoms with E-state index in [0.717, 1.165) is 16.6 Å². The highest BCUT2D eigenvalue weighted by Gasteiger charge is 2.15. The van der Waals surface area contributed by atoms with Gasteiger partial charge in [-0.1, -0.05) is 54.6 Å². The first kappa shape index (κ1) is 16.0. The molecule has 0 unspecified atom stereocenters. The first-order chi connectivity index (χ1) is 12.7. The maximum absolute atomic E-state index is 12.5. The Morgan fingerprint density at radius 1 is 0.962 bits per heavy atom. The minimum Gasteiger partial charge on any atom is -0.344 e. The van der Waals surface area contributed by atoms with Crippen LogP contribution in [-0.4, -0.2) is 20.9 Å². The molecule has 0 aliphatic rings. The van der Waals surface area contributed by atoms with E-state index < -0.39 is 0 Å². The van der Waals surface area contributed by atoms with Gasteiger partial charge in [0.25, 0.3) is 5.91 Å². The van der Waals surface area contributed by atoms with Gasteiger partial charge in [0.05, 0.1) is 17.9 Å². The normalized spacial score (nSPS) is 12.0. The average Bonchev–Trinajstić information content (AvgIpc) is 3.18. The molecule has 1 heterocycles. The van der Waals surface area contributed by atoms with Crippen molar-refractivity contribution in [3.8, 4) is 5.69 Å². The molecule has 4 rings (SSSR count). The van der Waals surface area contributed by atoms with E-state index in [1.54, 1.807) is 0 Å². The van der Waals surface area contributed by atoms with E-state index in [1.807, 2.05) is 55.5 Å². The first-order valence-electron chi connectivity index (χ1n) is 8.48. The second-order valence-corrected chi connectivity index (χ2v) is 6.16. The van der Waals surface area contributed by atoms with Gasteiger partial charge < -0.3 is 5.32 Å². The number of hydrogen-bond acceptors (Lipinski definition) is 3. The zero-order chi connectivity index (χ0) is 17.9. The van der Waals surface area contributed by atoms with Gasteiger partial charge in [-0.2, -0.15) is 9.90 Å². The molecule has 26 heavy (non-hydrogen) atoms. The number of fused-ring (bicyclic) bond motifs is 1. The second-order valence-electron chi connectivity index (χ2n) is 6.16. The van der Waals surface area contributed by atoms with Gasteiger partial charge in [0.2, 0.25) is 0 Å². The number of rotatable bonds is 4. The Bertz CT molecular complexity index is 1060. The molecule has 1 N–H and O–H groups in total. The van der Waals surface area contributed by atoms with Crippen molar-refractivity contribution in [3.05, 3.63) is 90.3 Å². The van der Waals surface area contributed by atoms with Crippen molar-refractivity contribution < 1.29 is 4.79 Å². The van der Waals surface area contributed by atoms with Crippen molar-refractivity contribution in [1.82, 2.24) is 20.3 Å². The molecule has 0 saturated carbocycles. The largest absolute Gasteiger partial charge is 0.344 e. The third-order valence-corrected chi connectivity index (χ3v) is 4.33. The lowest BCUT2D eigenvalue weighted by Crippen LogP contribution is -2.27. The highest BCUT2D eigenvalue weighted by atomic mass is 16.2. The summed E-state index contributed by atoms with van der Waals surface area (Å²) >= 11 is 0. The van der Waals surface area contributed by atoms with E-state index >= 15 is 0 Å². The van der Waals surface area contributed by atoms with Gasteiger partial charge in [-0.05, 0) is 41.5 Å². The maximum Gasteiger partial charge on any atom is 0.273 e. The van der Waals surface area contributed by atoms with Gasteiger partial charge in [0.1, 0.15) is 0 Å². The molecular weight excluding hydrogens is 324 g/mol. The Balaban J connectivity index is 1.51. The van der Waals surface area contributed by atoms with Crippen LogP contribution in [0.2, 0.25) is 0 Å². The Hall–Kier alpha value is -3.47. The average molecular weight is 342 g/mol. The summed E-state index contributed by atoms with van der Waals surface area (Å²) in [5.74, 6) is -0.243. The molecule has 0 aliphatic heterocycles. The fraction of sp³-hybridized carbons (Fsp3) is 0.0952. The smallest absolute Gasteiger partial charge is 0.273 e. The first-order valence-corrected chi connectivity index (χ1v) is 8.48. The molecule has 5 nitrogen and oxygen atoms in total. The predicted octanol–water partition coefficient (Wildman–Crippen LogP) is 3.91. The number of amides is 1. The van der Waals surface area contributed by atoms with Crippen LogP contribution in [0, 0.1) is 0 Å². The van der Waals surface area contributed by atoms with Crippen LogP contribution in [0.1, 0.15) is 29.0 Å². The quantitative estimate of drug-likeness (QED) is 0.612. The van der Waals surface area contributed by atoms with Crippen molar-refractivity contribution in [1.29, 1.82) is 0 Å². The molecule has 0 bridgehead atoms. The number of aromatic nitrogens is 3. The van der Waals surface area contributed by atoms with Crippen LogP contribution in [0.3, 0.4) is 0 Å². The minimum absolute atomic E-state index is 0.131. The SMILES string of the molecule is C[C@@H](NC(=O)c1cnn(-c2ccccc2)n1)c1ccc2ccccc2c1. The van der Waals surface area contributed by atoms with E-state index in [1.165, 1.54) is 16.4 Å². The van der Waals surface area contributed by atoms with Gasteiger partial charge in [0, 0.05) is 0 Å². The van der Waals surface area contributed by atoms with Crippen LogP contribution >= 0.6 is 0 Å². The summed E-state index contributed by atoms with van der Waals surface area (Å²) in [5.41, 5.74) is 2.16. The standard InChI is InChI=1S/C21H18N4O/c1-15(17-12-11-16-7-5-6-8-18(16)13-17)23-21(26)20-14-22-25(24-20)19-9-3-2-4-10-19/h2-15H,1H3,(H,23,26)/t15-/m1/s1. The summed E-state index contributed by atoms with van der Waals surface area (Å²) < 4.78 is 0. The number of para-hydroxylation sites is 1. The lowest BCUT2D eigenvalue weighted by atomic mass is 10.0. The maximum atomic E-state index is 12.5. The summed E-state index contributed by atoms with van der Waals surface area (Å²) in [4.78, 5) is 14.0. The Kier molecular flexibility index (Phi) is 4.19. The number of nitrogens with zero attached hydrogens (tertiary/aromatic N) is 3. The van der Waals surface area contributed by atoms with E-state index in [4.69, 9.17) is 0 Å². The van der Waals surface area contributed by atoms with Crippen molar-refractivity contribution >= 4 is 16.7 Å². The number of benzene rings is 3. The zero-order valence-corrected chi connectivity index (χ0v) is 14.3. The van der Waals surface area contributed by atoms with Crippen molar-refractivity contribution in [3.63, 3.8) is 0 Å². The number of carbonyl (C=O) groups is 1. The Morgan fingerprint density at radius 3 is 2.50 bits per heavy atom. The molecule has 0 aliphatic carbocycles. The summed E-state index contributed by atoms with van der Waals surface area (Å²) in [6.07, 6.45) is 1.48. The molecule has 0 radical (unpaired) electrons. The van der Waals surface area contributed by atoms with Gasteiger partial charge in [-0.3, -0.25) is 4.79 Å². The molecule has 128 valence electrons. The topological polar surface area (TPSA) is 59.8 Å². The van der Waals surface area contributed by atoms with Gasteiger partial charge in [-0.25, -0.2) is 0 Å². The number of nitrogens with one attached hydrogen (secondary N) is 1. The van der Waals surface area contributed by atoms with Crippen LogP contribution in [-0.2, 0) is 0 Å². The molecule has 4 aromatic rings. The second kappa shape index (κ2) is 6.80. The van der Waals surface area contributed by atoms with E-state index in [0.29, 0.717) is 5.69 Å². The van der Waals surface area contributed by atoms with Crippen LogP contribution in [0.25, 0.3) is 16.5 Å². The molecule has 0 saturated heterocycles. The highest BCUT2D eigenvalue weighted by molar-refractivity contribution is 5.92. The van der Waals surface area contributed by atoms with Crippen LogP contribution in [0.15, 0.2) is 79.0 Å². The van der Waals surface area contributed by atoms with Crippen molar-refractivity contribution in [2.45, 2.75) is 13.0 Å². The monoisotopic (exact) mass is 342 g/mol. The molecule has 5 heteroatoms. The summed E-state index contributed by atoms with van der Waals surface area (Å²) in [5, 5.41) is 13.8. The molecule has 0 spiro atoms. The predicted molar refractivity (Wildman–Crippen MR) is 101 cm³/mol. The van der Waals surface area contributed by atoms with Crippen molar-refractivity contribution in [2.24, 2.45) is 0 Å². The minimum atomic E-state index is -0.243. The van der Waals surface area contributed by atoms with Gasteiger partial charge in [-0.15, -0.1) is 5.10 Å². The third-order valence-electron chi connectivity index (χ3n) is 4.33. The Labute approximate surface area is 151 Å². The third kappa shape index (κ3) is 3.19. The zero-order valence-electron chi connectivity index (χ0n) is 14.3.